The standard InChI is InChI=1S/C15H22N2O4S/c1-4-8-17-22(20,21)14-10-12(15(18)19)5-6-13(14)16-9-7-11(2)3/h4-6,10-11,16-17H,1,7-9H2,2-3H3,(H,18,19). The quantitative estimate of drug-likeness (QED) is 0.605. The fourth-order valence-corrected chi connectivity index (χ4v) is 2.97. The first-order valence-corrected chi connectivity index (χ1v) is 8.48. The third-order valence-electron chi connectivity index (χ3n) is 2.97. The van der Waals surface area contributed by atoms with Crippen LogP contribution in [0.5, 0.6) is 0 Å². The number of carbonyl (C=O) groups is 1. The van der Waals surface area contributed by atoms with E-state index in [1.807, 2.05) is 0 Å². The smallest absolute Gasteiger partial charge is 0.335 e. The number of nitrogens with one attached hydrogen (secondary N) is 2. The Kier molecular flexibility index (Phi) is 6.58. The number of carboxylic acid groups (broad SMARTS) is 1. The summed E-state index contributed by atoms with van der Waals surface area (Å²) in [7, 11) is -3.81. The highest BCUT2D eigenvalue weighted by Crippen LogP contribution is 2.23. The van der Waals surface area contributed by atoms with Gasteiger partial charge in [0.2, 0.25) is 10.0 Å². The summed E-state index contributed by atoms with van der Waals surface area (Å²) in [5.41, 5.74) is 0.315. The lowest BCUT2D eigenvalue weighted by Gasteiger charge is -2.14. The summed E-state index contributed by atoms with van der Waals surface area (Å²) < 4.78 is 26.9. The molecule has 0 saturated heterocycles. The summed E-state index contributed by atoms with van der Waals surface area (Å²) in [5, 5.41) is 12.1. The molecular weight excluding hydrogens is 304 g/mol. The normalized spacial score (nSPS) is 11.4. The van der Waals surface area contributed by atoms with E-state index in [-0.39, 0.29) is 17.0 Å². The van der Waals surface area contributed by atoms with Gasteiger partial charge in [-0.3, -0.25) is 0 Å². The number of carboxylic acids is 1. The zero-order valence-electron chi connectivity index (χ0n) is 12.8. The lowest BCUT2D eigenvalue weighted by atomic mass is 10.1. The molecule has 1 rings (SSSR count). The maximum Gasteiger partial charge on any atom is 0.335 e. The van der Waals surface area contributed by atoms with Crippen molar-refractivity contribution >= 4 is 21.7 Å². The van der Waals surface area contributed by atoms with Crippen LogP contribution in [-0.2, 0) is 10.0 Å². The summed E-state index contributed by atoms with van der Waals surface area (Å²) in [5.74, 6) is -0.696. The van der Waals surface area contributed by atoms with Crippen LogP contribution in [0, 0.1) is 5.92 Å². The van der Waals surface area contributed by atoms with Gasteiger partial charge < -0.3 is 10.4 Å². The van der Waals surface area contributed by atoms with Crippen molar-refractivity contribution in [2.45, 2.75) is 25.2 Å². The fraction of sp³-hybridized carbons (Fsp3) is 0.400. The molecule has 0 amide bonds. The highest BCUT2D eigenvalue weighted by atomic mass is 32.2. The summed E-state index contributed by atoms with van der Waals surface area (Å²) in [6, 6.07) is 4.02. The molecule has 1 aromatic rings. The molecule has 0 atom stereocenters. The van der Waals surface area contributed by atoms with Crippen LogP contribution >= 0.6 is 0 Å². The molecular formula is C15H22N2O4S. The molecule has 0 aliphatic heterocycles. The number of benzene rings is 1. The first-order valence-electron chi connectivity index (χ1n) is 6.99. The van der Waals surface area contributed by atoms with Crippen LogP contribution in [0.25, 0.3) is 0 Å². The summed E-state index contributed by atoms with van der Waals surface area (Å²) in [6.45, 7) is 8.27. The largest absolute Gasteiger partial charge is 0.478 e. The fourth-order valence-electron chi connectivity index (χ4n) is 1.77. The predicted octanol–water partition coefficient (Wildman–Crippen LogP) is 2.31. The summed E-state index contributed by atoms with van der Waals surface area (Å²) in [6.07, 6.45) is 2.30. The monoisotopic (exact) mass is 326 g/mol. The highest BCUT2D eigenvalue weighted by Gasteiger charge is 2.20. The van der Waals surface area contributed by atoms with E-state index in [9.17, 15) is 13.2 Å². The molecule has 0 fully saturated rings. The lowest BCUT2D eigenvalue weighted by molar-refractivity contribution is 0.0696. The predicted molar refractivity (Wildman–Crippen MR) is 86.7 cm³/mol. The lowest BCUT2D eigenvalue weighted by Crippen LogP contribution is -2.25. The van der Waals surface area contributed by atoms with Gasteiger partial charge in [-0.15, -0.1) is 6.58 Å². The molecule has 0 bridgehead atoms. The molecule has 0 aromatic heterocycles. The van der Waals surface area contributed by atoms with Gasteiger partial charge in [0.25, 0.3) is 0 Å². The maximum absolute atomic E-state index is 12.3. The van der Waals surface area contributed by atoms with Crippen LogP contribution in [0.2, 0.25) is 0 Å². The average Bonchev–Trinajstić information content (AvgIpc) is 2.44. The van der Waals surface area contributed by atoms with Crippen molar-refractivity contribution in [3.8, 4) is 0 Å². The number of anilines is 1. The van der Waals surface area contributed by atoms with Crippen LogP contribution in [0.1, 0.15) is 30.6 Å². The van der Waals surface area contributed by atoms with E-state index in [0.717, 1.165) is 12.5 Å². The Hall–Kier alpha value is -1.86. The molecule has 1 aromatic carbocycles. The summed E-state index contributed by atoms with van der Waals surface area (Å²) in [4.78, 5) is 11.0. The number of hydrogen-bond donors (Lipinski definition) is 3. The second-order valence-corrected chi connectivity index (χ2v) is 7.00. The second kappa shape index (κ2) is 7.95. The third kappa shape index (κ3) is 5.16. The molecule has 22 heavy (non-hydrogen) atoms. The molecule has 3 N–H and O–H groups in total. The molecule has 0 saturated carbocycles. The zero-order chi connectivity index (χ0) is 16.8. The van der Waals surface area contributed by atoms with E-state index in [1.165, 1.54) is 18.2 Å². The van der Waals surface area contributed by atoms with E-state index in [4.69, 9.17) is 5.11 Å². The topological polar surface area (TPSA) is 95.5 Å². The SMILES string of the molecule is C=CCNS(=O)(=O)c1cc(C(=O)O)ccc1NCCC(C)C. The maximum atomic E-state index is 12.3. The highest BCUT2D eigenvalue weighted by molar-refractivity contribution is 7.89. The van der Waals surface area contributed by atoms with Gasteiger partial charge in [0.05, 0.1) is 11.3 Å². The number of rotatable bonds is 9. The molecule has 6 nitrogen and oxygen atoms in total. The van der Waals surface area contributed by atoms with Gasteiger partial charge in [0, 0.05) is 13.1 Å². The van der Waals surface area contributed by atoms with Gasteiger partial charge in [-0.05, 0) is 30.5 Å². The van der Waals surface area contributed by atoms with Crippen molar-refractivity contribution in [3.05, 3.63) is 36.4 Å². The van der Waals surface area contributed by atoms with Crippen molar-refractivity contribution < 1.29 is 18.3 Å². The minimum Gasteiger partial charge on any atom is -0.478 e. The average molecular weight is 326 g/mol. The molecule has 0 aliphatic carbocycles. The molecule has 0 heterocycles. The van der Waals surface area contributed by atoms with Gasteiger partial charge in [0.1, 0.15) is 4.90 Å². The Balaban J connectivity index is 3.15. The third-order valence-corrected chi connectivity index (χ3v) is 4.44. The Morgan fingerprint density at radius 2 is 2.09 bits per heavy atom. The van der Waals surface area contributed by atoms with Crippen molar-refractivity contribution in [1.29, 1.82) is 0 Å². The van der Waals surface area contributed by atoms with E-state index >= 15 is 0 Å². The molecule has 0 radical (unpaired) electrons. The minimum atomic E-state index is -3.81. The van der Waals surface area contributed by atoms with Crippen molar-refractivity contribution in [2.75, 3.05) is 18.4 Å². The molecule has 122 valence electrons. The summed E-state index contributed by atoms with van der Waals surface area (Å²) >= 11 is 0. The zero-order valence-corrected chi connectivity index (χ0v) is 13.6. The first kappa shape index (κ1) is 18.2. The van der Waals surface area contributed by atoms with Gasteiger partial charge in [-0.2, -0.15) is 0 Å². The number of hydrogen-bond acceptors (Lipinski definition) is 4. The van der Waals surface area contributed by atoms with Gasteiger partial charge in [0.15, 0.2) is 0 Å². The van der Waals surface area contributed by atoms with Crippen molar-refractivity contribution in [3.63, 3.8) is 0 Å². The van der Waals surface area contributed by atoms with Crippen molar-refractivity contribution in [2.24, 2.45) is 5.92 Å². The second-order valence-electron chi connectivity index (χ2n) is 5.27. The molecule has 0 unspecified atom stereocenters. The Bertz CT molecular complexity index is 639. The van der Waals surface area contributed by atoms with E-state index in [2.05, 4.69) is 30.5 Å². The molecule has 0 spiro atoms. The molecule has 7 heteroatoms. The Morgan fingerprint density at radius 3 is 2.64 bits per heavy atom. The van der Waals surface area contributed by atoms with Crippen LogP contribution < -0.4 is 10.0 Å². The van der Waals surface area contributed by atoms with Crippen LogP contribution in [0.3, 0.4) is 0 Å². The number of sulfonamides is 1. The Morgan fingerprint density at radius 1 is 1.41 bits per heavy atom. The van der Waals surface area contributed by atoms with Crippen LogP contribution in [-0.4, -0.2) is 32.6 Å². The van der Waals surface area contributed by atoms with E-state index in [1.54, 1.807) is 0 Å². The van der Waals surface area contributed by atoms with Crippen LogP contribution in [0.15, 0.2) is 35.7 Å². The first-order chi connectivity index (χ1) is 10.3. The van der Waals surface area contributed by atoms with Crippen LogP contribution in [0.4, 0.5) is 5.69 Å². The van der Waals surface area contributed by atoms with Crippen molar-refractivity contribution in [1.82, 2.24) is 4.72 Å². The van der Waals surface area contributed by atoms with Gasteiger partial charge in [-0.1, -0.05) is 19.9 Å². The number of aromatic carboxylic acids is 1. The van der Waals surface area contributed by atoms with E-state index in [0.29, 0.717) is 18.2 Å². The molecule has 0 aliphatic rings. The van der Waals surface area contributed by atoms with Gasteiger partial charge in [-0.25, -0.2) is 17.9 Å². The van der Waals surface area contributed by atoms with E-state index < -0.39 is 16.0 Å². The Labute approximate surface area is 131 Å². The minimum absolute atomic E-state index is 0.0713. The van der Waals surface area contributed by atoms with Gasteiger partial charge >= 0.3 is 5.97 Å².